The van der Waals surface area contributed by atoms with E-state index in [1.165, 1.54) is 17.7 Å². The van der Waals surface area contributed by atoms with Crippen molar-refractivity contribution in [1.82, 2.24) is 0 Å². The Bertz CT molecular complexity index is 1370. The van der Waals surface area contributed by atoms with Crippen LogP contribution >= 0.6 is 0 Å². The first kappa shape index (κ1) is 25.9. The average molecular weight is 554 g/mol. The fraction of sp³-hybridized carbons (Fsp3) is 0.300. The second-order valence-electron chi connectivity index (χ2n) is 10.3. The van der Waals surface area contributed by atoms with E-state index in [4.69, 9.17) is 9.84 Å². The molecule has 0 spiro atoms. The molecule has 6 heteroatoms. The summed E-state index contributed by atoms with van der Waals surface area (Å²) >= 11 is -0.183. The van der Waals surface area contributed by atoms with E-state index in [1.807, 2.05) is 6.07 Å². The summed E-state index contributed by atoms with van der Waals surface area (Å²) in [5, 5.41) is 9.06. The summed E-state index contributed by atoms with van der Waals surface area (Å²) in [6.07, 6.45) is 2.04. The van der Waals surface area contributed by atoms with Crippen molar-refractivity contribution in [3.63, 3.8) is 0 Å². The van der Waals surface area contributed by atoms with Crippen molar-refractivity contribution in [3.05, 3.63) is 94.0 Å². The van der Waals surface area contributed by atoms with Gasteiger partial charge in [0, 0.05) is 0 Å². The van der Waals surface area contributed by atoms with Crippen LogP contribution in [0.25, 0.3) is 0 Å². The van der Waals surface area contributed by atoms with Crippen molar-refractivity contribution < 1.29 is 23.4 Å². The molecule has 36 heavy (non-hydrogen) atoms. The molecular weight excluding hydrogens is 525 g/mol. The van der Waals surface area contributed by atoms with Crippen molar-refractivity contribution >= 4 is 25.4 Å². The normalized spacial score (nSPS) is 15.4. The number of fused-ring (bicyclic) bond motifs is 1. The number of ether oxygens (including phenoxy) is 1. The van der Waals surface area contributed by atoms with E-state index in [1.54, 1.807) is 24.3 Å². The molecule has 0 heterocycles. The Morgan fingerprint density at radius 2 is 1.69 bits per heavy atom. The zero-order valence-corrected chi connectivity index (χ0v) is 22.5. The first-order valence-electron chi connectivity index (χ1n) is 11.7. The number of hydrogen-bond acceptors (Lipinski definition) is 2. The van der Waals surface area contributed by atoms with Crippen LogP contribution in [0.2, 0.25) is 0 Å². The van der Waals surface area contributed by atoms with Crippen LogP contribution in [0, 0.1) is 22.4 Å². The topological polar surface area (TPSA) is 46.5 Å². The maximum atomic E-state index is 14.3. The monoisotopic (exact) mass is 554 g/mol. The summed E-state index contributed by atoms with van der Waals surface area (Å²) in [6.45, 7) is 8.89. The predicted octanol–water partition coefficient (Wildman–Crippen LogP) is 5.93. The van der Waals surface area contributed by atoms with Gasteiger partial charge in [-0.15, -0.1) is 0 Å². The molecule has 0 aliphatic heterocycles. The van der Waals surface area contributed by atoms with Gasteiger partial charge in [-0.05, 0) is 0 Å². The third-order valence-corrected chi connectivity index (χ3v) is 8.17. The third kappa shape index (κ3) is 5.64. The van der Waals surface area contributed by atoms with E-state index in [0.717, 1.165) is 40.2 Å². The molecule has 1 aliphatic rings. The second-order valence-corrected chi connectivity index (χ2v) is 12.2. The molecule has 1 N–H and O–H groups in total. The molecule has 0 radical (unpaired) electrons. The van der Waals surface area contributed by atoms with Gasteiger partial charge in [0.25, 0.3) is 0 Å². The van der Waals surface area contributed by atoms with Gasteiger partial charge in [-0.25, -0.2) is 0 Å². The molecule has 0 saturated carbocycles. The summed E-state index contributed by atoms with van der Waals surface area (Å²) < 4.78 is 34.9. The molecule has 0 bridgehead atoms. The molecule has 3 aromatic rings. The van der Waals surface area contributed by atoms with Crippen LogP contribution in [-0.2, 0) is 17.4 Å². The molecule has 1 aliphatic carbocycles. The van der Waals surface area contributed by atoms with Gasteiger partial charge in [0.15, 0.2) is 0 Å². The minimum atomic E-state index is -0.966. The average Bonchev–Trinajstić information content (AvgIpc) is 2.81. The first-order valence-corrected chi connectivity index (χ1v) is 13.4. The zero-order chi connectivity index (χ0) is 26.1. The van der Waals surface area contributed by atoms with Gasteiger partial charge in [0.2, 0.25) is 0 Å². The Kier molecular flexibility index (Phi) is 7.27. The van der Waals surface area contributed by atoms with Gasteiger partial charge in [0.1, 0.15) is 0 Å². The van der Waals surface area contributed by atoms with Crippen LogP contribution in [-0.4, -0.2) is 26.0 Å². The zero-order valence-electron chi connectivity index (χ0n) is 20.7. The number of carboxylic acids is 1. The molecule has 0 saturated heterocycles. The van der Waals surface area contributed by atoms with E-state index < -0.39 is 17.6 Å². The van der Waals surface area contributed by atoms with Crippen molar-refractivity contribution in [2.45, 2.75) is 58.0 Å². The molecule has 186 valence electrons. The van der Waals surface area contributed by atoms with Crippen molar-refractivity contribution in [2.24, 2.45) is 0 Å². The van der Waals surface area contributed by atoms with Crippen molar-refractivity contribution in [2.75, 3.05) is 0 Å². The molecule has 0 aromatic heterocycles. The summed E-state index contributed by atoms with van der Waals surface area (Å²) in [5.41, 5.74) is 3.49. The molecule has 0 fully saturated rings. The van der Waals surface area contributed by atoms with Crippen LogP contribution < -0.4 is 9.20 Å². The van der Waals surface area contributed by atoms with Gasteiger partial charge in [-0.3, -0.25) is 0 Å². The Hall–Kier alpha value is -3.13. The number of aromatic carboxylic acids is 1. The van der Waals surface area contributed by atoms with Crippen LogP contribution in [0.15, 0.2) is 54.6 Å². The summed E-state index contributed by atoms with van der Waals surface area (Å²) in [6, 6.07) is 14.3. The van der Waals surface area contributed by atoms with Gasteiger partial charge < -0.3 is 0 Å². The third-order valence-electron chi connectivity index (χ3n) is 6.75. The Morgan fingerprint density at radius 3 is 2.36 bits per heavy atom. The van der Waals surface area contributed by atoms with Crippen LogP contribution in [0.3, 0.4) is 0 Å². The van der Waals surface area contributed by atoms with Crippen molar-refractivity contribution in [3.8, 4) is 16.5 Å². The first-order chi connectivity index (χ1) is 17.0. The molecule has 3 aromatic carbocycles. The quantitative estimate of drug-likeness (QED) is 0.315. The van der Waals surface area contributed by atoms with Gasteiger partial charge in [0.05, 0.1) is 0 Å². The maximum absolute atomic E-state index is 14.3. The molecule has 0 amide bonds. The summed E-state index contributed by atoms with van der Waals surface area (Å²) in [7, 11) is 0. The molecule has 4 rings (SSSR count). The Balaban J connectivity index is 1.67. The second kappa shape index (κ2) is 10.1. The molecule has 3 nitrogen and oxygen atoms in total. The summed E-state index contributed by atoms with van der Waals surface area (Å²) in [4.78, 5) is 14.3. The standard InChI is InChI=1S/C30H28F2O3Se/c1-29(2)12-13-30(3,4)27-24(29)16-23(36-14-11-19-5-7-20(8-6-19)28(33)34)17-26(27)35-18-21-9-10-22(31)15-25(21)32/h5-10,15-17H,12-13,18H2,1-4H3,(H,33,34). The molecule has 0 unspecified atom stereocenters. The van der Waals surface area contributed by atoms with Crippen LogP contribution in [0.1, 0.15) is 73.1 Å². The van der Waals surface area contributed by atoms with Gasteiger partial charge in [-0.1, -0.05) is 0 Å². The number of carbonyl (C=O) groups is 1. The van der Waals surface area contributed by atoms with E-state index in [0.29, 0.717) is 5.56 Å². The van der Waals surface area contributed by atoms with Gasteiger partial charge in [-0.2, -0.15) is 0 Å². The SMILES string of the molecule is CC1(C)CCC(C)(C)c2c(OCc3ccc(F)cc3F)cc([Se]C#Cc3ccc(C(=O)O)cc3)cc21. The van der Waals surface area contributed by atoms with E-state index in [2.05, 4.69) is 44.5 Å². The summed E-state index contributed by atoms with van der Waals surface area (Å²) in [5.74, 6) is 1.64. The minimum absolute atomic E-state index is 0.00706. The number of hydrogen-bond donors (Lipinski definition) is 1. The number of benzene rings is 3. The fourth-order valence-electron chi connectivity index (χ4n) is 4.51. The van der Waals surface area contributed by atoms with Gasteiger partial charge >= 0.3 is 217 Å². The van der Waals surface area contributed by atoms with Crippen LogP contribution in [0.5, 0.6) is 5.75 Å². The van der Waals surface area contributed by atoms with E-state index in [-0.39, 0.29) is 38.0 Å². The number of carboxylic acid groups (broad SMARTS) is 1. The van der Waals surface area contributed by atoms with E-state index in [9.17, 15) is 13.6 Å². The van der Waals surface area contributed by atoms with E-state index >= 15 is 0 Å². The number of halogens is 2. The Labute approximate surface area is 217 Å². The fourth-order valence-corrected chi connectivity index (χ4v) is 5.83. The van der Waals surface area contributed by atoms with Crippen molar-refractivity contribution in [1.29, 1.82) is 0 Å². The molecular formula is C30H28F2O3Se. The number of rotatable bonds is 5. The Morgan fingerprint density at radius 1 is 1.00 bits per heavy atom. The van der Waals surface area contributed by atoms with Crippen LogP contribution in [0.4, 0.5) is 8.78 Å². The predicted molar refractivity (Wildman–Crippen MR) is 138 cm³/mol. The molecule has 0 atom stereocenters.